The van der Waals surface area contributed by atoms with Crippen molar-refractivity contribution in [2.24, 2.45) is 7.05 Å². The summed E-state index contributed by atoms with van der Waals surface area (Å²) in [6.45, 7) is 1.29. The maximum Gasteiger partial charge on any atom is 0.413 e. The fraction of sp³-hybridized carbons (Fsp3) is 0.296. The highest BCUT2D eigenvalue weighted by molar-refractivity contribution is 6.06. The minimum atomic E-state index is -1.24. The smallest absolute Gasteiger partial charge is 0.413 e. The maximum absolute atomic E-state index is 12.8. The maximum atomic E-state index is 12.8. The minimum absolute atomic E-state index is 0.224. The van der Waals surface area contributed by atoms with E-state index in [-0.39, 0.29) is 19.0 Å². The van der Waals surface area contributed by atoms with Gasteiger partial charge >= 0.3 is 12.1 Å². The van der Waals surface area contributed by atoms with Crippen LogP contribution in [0.5, 0.6) is 0 Å². The molecule has 1 aliphatic heterocycles. The molecule has 5 rings (SSSR count). The van der Waals surface area contributed by atoms with E-state index in [0.29, 0.717) is 29.9 Å². The van der Waals surface area contributed by atoms with Crippen molar-refractivity contribution < 1.29 is 29.0 Å². The first kappa shape index (κ1) is 25.0. The van der Waals surface area contributed by atoms with Crippen LogP contribution < -0.4 is 10.2 Å². The Hall–Kier alpha value is -4.67. The number of piperazine rings is 1. The summed E-state index contributed by atoms with van der Waals surface area (Å²) in [5.41, 5.74) is 1.52. The molecule has 1 saturated heterocycles. The fourth-order valence-corrected chi connectivity index (χ4v) is 4.66. The number of hydrogen-bond donors (Lipinski definition) is 2. The molecule has 0 radical (unpaired) electrons. The zero-order chi connectivity index (χ0) is 27.0. The molecule has 38 heavy (non-hydrogen) atoms. The highest BCUT2D eigenvalue weighted by Crippen LogP contribution is 2.43. The van der Waals surface area contributed by atoms with Gasteiger partial charge in [-0.25, -0.2) is 9.59 Å². The molecule has 1 aliphatic carbocycles. The number of aliphatic carboxylic acids is 1. The number of anilines is 2. The van der Waals surface area contributed by atoms with Crippen molar-refractivity contribution in [1.29, 1.82) is 0 Å². The molecule has 11 nitrogen and oxygen atoms in total. The van der Waals surface area contributed by atoms with Gasteiger partial charge in [0.05, 0.1) is 6.20 Å². The van der Waals surface area contributed by atoms with Crippen molar-refractivity contribution >= 4 is 35.4 Å². The fourth-order valence-electron chi connectivity index (χ4n) is 4.66. The molecule has 196 valence electrons. The van der Waals surface area contributed by atoms with Gasteiger partial charge in [-0.1, -0.05) is 42.5 Å². The number of hydrogen-bond acceptors (Lipinski definition) is 6. The average molecular weight is 518 g/mol. The number of rotatable bonds is 7. The topological polar surface area (TPSA) is 134 Å². The van der Waals surface area contributed by atoms with Gasteiger partial charge in [-0.3, -0.25) is 19.6 Å². The van der Waals surface area contributed by atoms with Gasteiger partial charge < -0.3 is 19.6 Å². The van der Waals surface area contributed by atoms with Crippen molar-refractivity contribution in [2.45, 2.75) is 31.4 Å². The summed E-state index contributed by atoms with van der Waals surface area (Å²) < 4.78 is 7.04. The number of nitrogens with zero attached hydrogens (tertiary/aromatic N) is 4. The SMILES string of the molecule is CC(OC(=O)Nc1c(-c2ccc(N3CC(=O)N(C4(C(=O)O)CC4)CC3=O)cc2)cnn1C)c1ccccc1. The standard InChI is InChI=1S/C27H27N5O6/c1-17(18-6-4-3-5-7-18)38-26(37)29-24-21(14-28-30(24)2)19-8-10-20(11-9-19)31-15-23(34)32(16-22(31)33)27(12-13-27)25(35)36/h3-11,14,17H,12-13,15-16H2,1-2H3,(H,29,37)(H,35,36). The Morgan fingerprint density at radius 2 is 1.71 bits per heavy atom. The summed E-state index contributed by atoms with van der Waals surface area (Å²) in [4.78, 5) is 52.3. The van der Waals surface area contributed by atoms with Crippen LogP contribution in [0.2, 0.25) is 0 Å². The Balaban J connectivity index is 1.28. The number of benzene rings is 2. The van der Waals surface area contributed by atoms with E-state index in [0.717, 1.165) is 11.1 Å². The molecule has 1 unspecified atom stereocenters. The van der Waals surface area contributed by atoms with Crippen molar-refractivity contribution in [3.63, 3.8) is 0 Å². The third kappa shape index (κ3) is 4.58. The molecule has 1 saturated carbocycles. The van der Waals surface area contributed by atoms with E-state index in [1.54, 1.807) is 44.4 Å². The summed E-state index contributed by atoms with van der Waals surface area (Å²) in [6.07, 6.45) is 1.25. The van der Waals surface area contributed by atoms with Crippen molar-refractivity contribution in [2.75, 3.05) is 23.3 Å². The highest BCUT2D eigenvalue weighted by Gasteiger charge is 2.58. The number of carbonyl (C=O) groups excluding carboxylic acids is 3. The van der Waals surface area contributed by atoms with E-state index >= 15 is 0 Å². The molecule has 2 fully saturated rings. The molecule has 11 heteroatoms. The van der Waals surface area contributed by atoms with Crippen LogP contribution in [0.15, 0.2) is 60.8 Å². The van der Waals surface area contributed by atoms with Crippen LogP contribution in [0.25, 0.3) is 11.1 Å². The Bertz CT molecular complexity index is 1400. The minimum Gasteiger partial charge on any atom is -0.479 e. The third-order valence-electron chi connectivity index (χ3n) is 7.03. The van der Waals surface area contributed by atoms with E-state index in [1.807, 2.05) is 30.3 Å². The zero-order valence-electron chi connectivity index (χ0n) is 21.0. The summed E-state index contributed by atoms with van der Waals surface area (Å²) >= 11 is 0. The number of aryl methyl sites for hydroxylation is 1. The Kier molecular flexibility index (Phi) is 6.35. The first-order valence-electron chi connectivity index (χ1n) is 12.2. The summed E-state index contributed by atoms with van der Waals surface area (Å²) in [5.74, 6) is -1.37. The Morgan fingerprint density at radius 3 is 2.34 bits per heavy atom. The molecular weight excluding hydrogens is 490 g/mol. The first-order valence-corrected chi connectivity index (χ1v) is 12.2. The summed E-state index contributed by atoms with van der Waals surface area (Å²) in [5, 5.41) is 16.5. The van der Waals surface area contributed by atoms with Gasteiger partial charge in [0, 0.05) is 18.3 Å². The average Bonchev–Trinajstić information content (AvgIpc) is 3.65. The van der Waals surface area contributed by atoms with Crippen LogP contribution in [0.1, 0.15) is 31.4 Å². The normalized spacial score (nSPS) is 17.2. The third-order valence-corrected chi connectivity index (χ3v) is 7.03. The largest absolute Gasteiger partial charge is 0.479 e. The number of nitrogens with one attached hydrogen (secondary N) is 1. The Labute approximate surface area is 218 Å². The van der Waals surface area contributed by atoms with E-state index in [2.05, 4.69) is 10.4 Å². The summed E-state index contributed by atoms with van der Waals surface area (Å²) in [7, 11) is 1.70. The van der Waals surface area contributed by atoms with Gasteiger partial charge in [-0.15, -0.1) is 0 Å². The lowest BCUT2D eigenvalue weighted by atomic mass is 10.1. The van der Waals surface area contributed by atoms with Crippen LogP contribution in [0.3, 0.4) is 0 Å². The van der Waals surface area contributed by atoms with E-state index in [4.69, 9.17) is 4.74 Å². The second-order valence-corrected chi connectivity index (χ2v) is 9.46. The van der Waals surface area contributed by atoms with Crippen molar-refractivity contribution in [1.82, 2.24) is 14.7 Å². The van der Waals surface area contributed by atoms with E-state index < -0.39 is 29.6 Å². The highest BCUT2D eigenvalue weighted by atomic mass is 16.6. The van der Waals surface area contributed by atoms with Gasteiger partial charge in [-0.2, -0.15) is 5.10 Å². The number of ether oxygens (including phenoxy) is 1. The molecule has 1 atom stereocenters. The lowest BCUT2D eigenvalue weighted by Crippen LogP contribution is -2.60. The number of amides is 3. The first-order chi connectivity index (χ1) is 18.2. The molecule has 2 aromatic carbocycles. The second-order valence-electron chi connectivity index (χ2n) is 9.46. The number of carbonyl (C=O) groups is 4. The second kappa shape index (κ2) is 9.66. The predicted molar refractivity (Wildman–Crippen MR) is 137 cm³/mol. The van der Waals surface area contributed by atoms with Crippen LogP contribution in [0.4, 0.5) is 16.3 Å². The van der Waals surface area contributed by atoms with Crippen LogP contribution >= 0.6 is 0 Å². The predicted octanol–water partition coefficient (Wildman–Crippen LogP) is 3.19. The summed E-state index contributed by atoms with van der Waals surface area (Å²) in [6, 6.07) is 16.3. The molecule has 3 aromatic rings. The molecule has 2 heterocycles. The van der Waals surface area contributed by atoms with Crippen molar-refractivity contribution in [3.05, 3.63) is 66.4 Å². The lowest BCUT2D eigenvalue weighted by molar-refractivity contribution is -0.154. The molecule has 2 N–H and O–H groups in total. The lowest BCUT2D eigenvalue weighted by Gasteiger charge is -2.37. The van der Waals surface area contributed by atoms with Gasteiger partial charge in [0.2, 0.25) is 11.8 Å². The van der Waals surface area contributed by atoms with E-state index in [9.17, 15) is 24.3 Å². The number of aromatic nitrogens is 2. The Morgan fingerprint density at radius 1 is 1.03 bits per heavy atom. The molecule has 0 bridgehead atoms. The van der Waals surface area contributed by atoms with E-state index in [1.165, 1.54) is 14.5 Å². The molecular formula is C27H27N5O6. The quantitative estimate of drug-likeness (QED) is 0.492. The number of carboxylic acids is 1. The molecule has 2 aliphatic rings. The van der Waals surface area contributed by atoms with Gasteiger partial charge in [0.15, 0.2) is 0 Å². The van der Waals surface area contributed by atoms with Crippen LogP contribution in [-0.4, -0.2) is 62.3 Å². The molecule has 3 amide bonds. The molecule has 0 spiro atoms. The van der Waals surface area contributed by atoms with Crippen LogP contribution in [-0.2, 0) is 26.2 Å². The van der Waals surface area contributed by atoms with Gasteiger partial charge in [0.25, 0.3) is 0 Å². The van der Waals surface area contributed by atoms with Gasteiger partial charge in [-0.05, 0) is 43.0 Å². The van der Waals surface area contributed by atoms with Crippen LogP contribution in [0, 0.1) is 0 Å². The zero-order valence-corrected chi connectivity index (χ0v) is 21.0. The number of carboxylic acid groups (broad SMARTS) is 1. The van der Waals surface area contributed by atoms with Crippen molar-refractivity contribution in [3.8, 4) is 11.1 Å². The monoisotopic (exact) mass is 517 g/mol. The molecule has 1 aromatic heterocycles. The van der Waals surface area contributed by atoms with Gasteiger partial charge in [0.1, 0.15) is 30.6 Å².